The van der Waals surface area contributed by atoms with Gasteiger partial charge < -0.3 is 10.3 Å². The lowest BCUT2D eigenvalue weighted by Gasteiger charge is -2.11. The van der Waals surface area contributed by atoms with Crippen LogP contribution in [0.15, 0.2) is 59.9 Å². The first-order chi connectivity index (χ1) is 15.6. The van der Waals surface area contributed by atoms with Gasteiger partial charge in [0.15, 0.2) is 11.0 Å². The van der Waals surface area contributed by atoms with Crippen LogP contribution >= 0.6 is 11.8 Å². The number of H-pyrrole nitrogens is 1. The zero-order valence-electron chi connectivity index (χ0n) is 17.9. The number of nitrogens with one attached hydrogen (secondary N) is 3. The van der Waals surface area contributed by atoms with Gasteiger partial charge in [0.25, 0.3) is 0 Å². The van der Waals surface area contributed by atoms with Crippen LogP contribution in [0, 0.1) is 6.92 Å². The molecule has 0 spiro atoms. The molecule has 4 rings (SSSR count). The van der Waals surface area contributed by atoms with Gasteiger partial charge in [-0.05, 0) is 37.1 Å². The number of hydrogen-bond acceptors (Lipinski definition) is 5. The van der Waals surface area contributed by atoms with E-state index in [1.165, 1.54) is 11.8 Å². The Bertz CT molecular complexity index is 1260. The van der Waals surface area contributed by atoms with E-state index in [9.17, 15) is 9.59 Å². The number of aromatic nitrogens is 4. The Kier molecular flexibility index (Phi) is 6.55. The summed E-state index contributed by atoms with van der Waals surface area (Å²) < 4.78 is 1.94. The largest absolute Gasteiger partial charge is 0.360 e. The number of nitrogens with zero attached hydrogens (tertiary/aromatic N) is 3. The van der Waals surface area contributed by atoms with Gasteiger partial charge in [0, 0.05) is 34.9 Å². The highest BCUT2D eigenvalue weighted by atomic mass is 32.2. The molecule has 9 heteroatoms. The third kappa shape index (κ3) is 4.67. The number of para-hydroxylation sites is 1. The van der Waals surface area contributed by atoms with Gasteiger partial charge in [-0.25, -0.2) is 4.79 Å². The maximum Gasteiger partial charge on any atom is 0.321 e. The number of aromatic amines is 1. The predicted molar refractivity (Wildman–Crippen MR) is 126 cm³/mol. The van der Waals surface area contributed by atoms with E-state index in [-0.39, 0.29) is 5.75 Å². The highest BCUT2D eigenvalue weighted by Crippen LogP contribution is 2.32. The third-order valence-corrected chi connectivity index (χ3v) is 5.77. The molecule has 0 aliphatic carbocycles. The first kappa shape index (κ1) is 21.6. The zero-order chi connectivity index (χ0) is 22.5. The summed E-state index contributed by atoms with van der Waals surface area (Å²) in [6.45, 7) is 4.48. The summed E-state index contributed by atoms with van der Waals surface area (Å²) in [5.74, 6) is 0.324. The summed E-state index contributed by atoms with van der Waals surface area (Å²) in [5, 5.41) is 15.4. The van der Waals surface area contributed by atoms with E-state index in [1.807, 2.05) is 73.1 Å². The lowest BCUT2D eigenvalue weighted by Crippen LogP contribution is -2.40. The molecular weight excluding hydrogens is 424 g/mol. The fourth-order valence-electron chi connectivity index (χ4n) is 3.37. The molecule has 0 radical (unpaired) electrons. The second kappa shape index (κ2) is 9.69. The lowest BCUT2D eigenvalue weighted by molar-refractivity contribution is -0.117. The highest BCUT2D eigenvalue weighted by molar-refractivity contribution is 7.99. The molecule has 8 nitrogen and oxygen atoms in total. The van der Waals surface area contributed by atoms with E-state index in [0.29, 0.717) is 17.5 Å². The molecule has 0 aliphatic heterocycles. The molecule has 0 atom stereocenters. The van der Waals surface area contributed by atoms with Crippen molar-refractivity contribution in [1.29, 1.82) is 0 Å². The number of rotatable bonds is 7. The van der Waals surface area contributed by atoms with Gasteiger partial charge in [0.2, 0.25) is 5.91 Å². The SMILES string of the molecule is CCCNC(=O)NC(=O)CSc1nnc(-c2c[nH]c3ccccc23)n1-c1cccc(C)c1. The molecule has 0 unspecified atom stereocenters. The van der Waals surface area contributed by atoms with Crippen LogP contribution in [0.2, 0.25) is 0 Å². The Morgan fingerprint density at radius 1 is 1.12 bits per heavy atom. The summed E-state index contributed by atoms with van der Waals surface area (Å²) >= 11 is 1.23. The van der Waals surface area contributed by atoms with Crippen LogP contribution in [0.3, 0.4) is 0 Å². The quantitative estimate of drug-likeness (QED) is 0.370. The number of amides is 3. The van der Waals surface area contributed by atoms with Gasteiger partial charge in [0.1, 0.15) is 0 Å². The fourth-order valence-corrected chi connectivity index (χ4v) is 4.12. The summed E-state index contributed by atoms with van der Waals surface area (Å²) in [7, 11) is 0. The number of imide groups is 1. The number of carbonyl (C=O) groups excluding carboxylic acids is 2. The van der Waals surface area contributed by atoms with Crippen LogP contribution in [0.5, 0.6) is 0 Å². The number of thioether (sulfide) groups is 1. The highest BCUT2D eigenvalue weighted by Gasteiger charge is 2.20. The zero-order valence-corrected chi connectivity index (χ0v) is 18.7. The van der Waals surface area contributed by atoms with Crippen LogP contribution in [-0.2, 0) is 4.79 Å². The Labute approximate surface area is 189 Å². The molecule has 2 aromatic heterocycles. The van der Waals surface area contributed by atoms with Crippen molar-refractivity contribution in [3.8, 4) is 17.1 Å². The van der Waals surface area contributed by atoms with Crippen molar-refractivity contribution in [1.82, 2.24) is 30.4 Å². The topological polar surface area (TPSA) is 105 Å². The molecule has 2 aromatic carbocycles. The van der Waals surface area contributed by atoms with E-state index >= 15 is 0 Å². The number of urea groups is 1. The molecule has 0 saturated carbocycles. The lowest BCUT2D eigenvalue weighted by atomic mass is 10.1. The van der Waals surface area contributed by atoms with Crippen molar-refractivity contribution in [3.63, 3.8) is 0 Å². The van der Waals surface area contributed by atoms with Crippen LogP contribution in [0.25, 0.3) is 28.0 Å². The molecule has 164 valence electrons. The second-order valence-electron chi connectivity index (χ2n) is 7.32. The molecule has 0 fully saturated rings. The molecular formula is C23H24N6O2S. The van der Waals surface area contributed by atoms with E-state index in [1.54, 1.807) is 0 Å². The van der Waals surface area contributed by atoms with Crippen LogP contribution in [0.1, 0.15) is 18.9 Å². The van der Waals surface area contributed by atoms with Gasteiger partial charge >= 0.3 is 6.03 Å². The van der Waals surface area contributed by atoms with Gasteiger partial charge in [0.05, 0.1) is 5.75 Å². The molecule has 2 heterocycles. The predicted octanol–water partition coefficient (Wildman–Crippen LogP) is 4.05. The van der Waals surface area contributed by atoms with E-state index in [0.717, 1.165) is 34.1 Å². The number of hydrogen-bond donors (Lipinski definition) is 3. The summed E-state index contributed by atoms with van der Waals surface area (Å²) in [6.07, 6.45) is 2.72. The molecule has 4 aromatic rings. The van der Waals surface area contributed by atoms with Gasteiger partial charge in [-0.2, -0.15) is 0 Å². The third-order valence-electron chi connectivity index (χ3n) is 4.84. The van der Waals surface area contributed by atoms with E-state index < -0.39 is 11.9 Å². The second-order valence-corrected chi connectivity index (χ2v) is 8.26. The summed E-state index contributed by atoms with van der Waals surface area (Å²) in [5.41, 5.74) is 3.93. The van der Waals surface area contributed by atoms with Gasteiger partial charge in [-0.1, -0.05) is 49.0 Å². The minimum atomic E-state index is -0.489. The average Bonchev–Trinajstić information content (AvgIpc) is 3.40. The molecule has 0 bridgehead atoms. The monoisotopic (exact) mass is 448 g/mol. The molecule has 0 saturated heterocycles. The Hall–Kier alpha value is -3.59. The van der Waals surface area contributed by atoms with Gasteiger partial charge in [-0.15, -0.1) is 10.2 Å². The maximum atomic E-state index is 12.2. The minimum absolute atomic E-state index is 0.0391. The molecule has 3 amide bonds. The summed E-state index contributed by atoms with van der Waals surface area (Å²) in [4.78, 5) is 27.3. The van der Waals surface area contributed by atoms with Crippen molar-refractivity contribution in [2.24, 2.45) is 0 Å². The maximum absolute atomic E-state index is 12.2. The van der Waals surface area contributed by atoms with Gasteiger partial charge in [-0.3, -0.25) is 14.7 Å². The normalized spacial score (nSPS) is 10.9. The number of fused-ring (bicyclic) bond motifs is 1. The molecule has 3 N–H and O–H groups in total. The van der Waals surface area contributed by atoms with Crippen molar-refractivity contribution < 1.29 is 9.59 Å². The van der Waals surface area contributed by atoms with Crippen molar-refractivity contribution in [2.45, 2.75) is 25.4 Å². The number of aryl methyl sites for hydroxylation is 1. The first-order valence-corrected chi connectivity index (χ1v) is 11.3. The van der Waals surface area contributed by atoms with E-state index in [4.69, 9.17) is 0 Å². The smallest absolute Gasteiger partial charge is 0.321 e. The van der Waals surface area contributed by atoms with Crippen LogP contribution in [-0.4, -0.2) is 44.0 Å². The van der Waals surface area contributed by atoms with Crippen molar-refractivity contribution in [2.75, 3.05) is 12.3 Å². The van der Waals surface area contributed by atoms with E-state index in [2.05, 4.69) is 25.8 Å². The van der Waals surface area contributed by atoms with Crippen molar-refractivity contribution >= 4 is 34.6 Å². The molecule has 0 aliphatic rings. The Morgan fingerprint density at radius 3 is 2.78 bits per heavy atom. The van der Waals surface area contributed by atoms with Crippen LogP contribution < -0.4 is 10.6 Å². The van der Waals surface area contributed by atoms with Crippen LogP contribution in [0.4, 0.5) is 4.79 Å². The fraction of sp³-hybridized carbons (Fsp3) is 0.217. The van der Waals surface area contributed by atoms with Crippen molar-refractivity contribution in [3.05, 3.63) is 60.3 Å². The summed E-state index contributed by atoms with van der Waals surface area (Å²) in [6, 6.07) is 15.5. The Morgan fingerprint density at radius 2 is 1.97 bits per heavy atom. The standard InChI is InChI=1S/C23H24N6O2S/c1-3-11-24-22(31)26-20(30)14-32-23-28-27-21(29(23)16-8-6-7-15(2)12-16)18-13-25-19-10-5-4-9-17(18)19/h4-10,12-13,25H,3,11,14H2,1-2H3,(H2,24,26,30,31). The number of carbonyl (C=O) groups is 2. The average molecular weight is 449 g/mol. The Balaban J connectivity index is 1.65. The molecule has 32 heavy (non-hydrogen) atoms. The number of benzene rings is 2. The minimum Gasteiger partial charge on any atom is -0.360 e. The first-order valence-electron chi connectivity index (χ1n) is 10.4.